The van der Waals surface area contributed by atoms with Gasteiger partial charge in [-0.1, -0.05) is 36.4 Å². The minimum Gasteiger partial charge on any atom is -0.496 e. The third kappa shape index (κ3) is 3.96. The standard InChI is InChI=1S/C21H19N6O4/c1-31-16-9-5-3-6-13(16)10-27-19-17(24-21(27)30)18(22-12-29)25-20(26-19)23-15-8-4-2-7-14(15)11-28/h2-9,28H,10-11H2,1H3,(H,24,30)(H2,22,23,25,26,29). The number of nitrogens with one attached hydrogen (secondary N) is 3. The maximum Gasteiger partial charge on any atom is 0.328 e. The van der Waals surface area contributed by atoms with Gasteiger partial charge in [0.05, 0.1) is 20.3 Å². The van der Waals surface area contributed by atoms with E-state index < -0.39 is 5.69 Å². The second kappa shape index (κ2) is 8.67. The van der Waals surface area contributed by atoms with E-state index in [2.05, 4.69) is 25.6 Å². The predicted molar refractivity (Wildman–Crippen MR) is 115 cm³/mol. The van der Waals surface area contributed by atoms with Gasteiger partial charge in [-0.3, -0.25) is 9.36 Å². The normalized spacial score (nSPS) is 10.8. The molecule has 2 aromatic heterocycles. The third-order valence-corrected chi connectivity index (χ3v) is 4.75. The molecule has 1 amide bonds. The number of methoxy groups -OCH3 is 1. The fourth-order valence-electron chi connectivity index (χ4n) is 3.28. The molecular formula is C21H19N6O4. The van der Waals surface area contributed by atoms with E-state index in [1.54, 1.807) is 43.9 Å². The summed E-state index contributed by atoms with van der Waals surface area (Å²) in [5, 5.41) is 15.0. The molecule has 0 aliphatic rings. The van der Waals surface area contributed by atoms with Crippen LogP contribution in [0.15, 0.2) is 53.3 Å². The molecule has 31 heavy (non-hydrogen) atoms. The van der Waals surface area contributed by atoms with Crippen LogP contribution in [0, 0.1) is 0 Å². The highest BCUT2D eigenvalue weighted by atomic mass is 16.5. The van der Waals surface area contributed by atoms with Crippen molar-refractivity contribution in [3.63, 3.8) is 0 Å². The van der Waals surface area contributed by atoms with Crippen molar-refractivity contribution in [2.24, 2.45) is 0 Å². The zero-order chi connectivity index (χ0) is 21.8. The quantitative estimate of drug-likeness (QED) is 0.320. The molecule has 4 rings (SSSR count). The molecule has 0 fully saturated rings. The van der Waals surface area contributed by atoms with E-state index in [0.29, 0.717) is 17.0 Å². The first kappa shape index (κ1) is 20.1. The van der Waals surface area contributed by atoms with Crippen molar-refractivity contribution in [2.45, 2.75) is 13.2 Å². The molecule has 0 spiro atoms. The molecule has 4 aromatic rings. The van der Waals surface area contributed by atoms with Gasteiger partial charge in [0, 0.05) is 16.8 Å². The largest absolute Gasteiger partial charge is 0.496 e. The van der Waals surface area contributed by atoms with Crippen LogP contribution in [0.1, 0.15) is 11.1 Å². The number of hydrogen-bond donors (Lipinski definition) is 4. The first-order valence-electron chi connectivity index (χ1n) is 9.36. The SMILES string of the molecule is COc1ccccc1Cn1c(=O)[nH]c2c(N[C]=O)nc(Nc3ccccc3CO)nc21. The van der Waals surface area contributed by atoms with Gasteiger partial charge < -0.3 is 25.5 Å². The number of amides is 1. The van der Waals surface area contributed by atoms with E-state index >= 15 is 0 Å². The molecular weight excluding hydrogens is 400 g/mol. The van der Waals surface area contributed by atoms with Crippen LogP contribution < -0.4 is 21.1 Å². The van der Waals surface area contributed by atoms with Gasteiger partial charge in [0.25, 0.3) is 0 Å². The number of fused-ring (bicyclic) bond motifs is 1. The van der Waals surface area contributed by atoms with Crippen LogP contribution in [0.3, 0.4) is 0 Å². The first-order chi connectivity index (χ1) is 15.1. The molecule has 10 heteroatoms. The number of ether oxygens (including phenoxy) is 1. The Balaban J connectivity index is 1.83. The molecule has 10 nitrogen and oxygen atoms in total. The fraction of sp³-hybridized carbons (Fsp3) is 0.143. The van der Waals surface area contributed by atoms with E-state index in [4.69, 9.17) is 4.74 Å². The number of aromatic nitrogens is 4. The van der Waals surface area contributed by atoms with Crippen LogP contribution in [0.5, 0.6) is 5.75 Å². The van der Waals surface area contributed by atoms with Crippen molar-refractivity contribution in [3.05, 3.63) is 70.1 Å². The Bertz CT molecular complexity index is 1300. The van der Waals surface area contributed by atoms with Gasteiger partial charge in [-0.15, -0.1) is 0 Å². The highest BCUT2D eigenvalue weighted by Gasteiger charge is 2.17. The summed E-state index contributed by atoms with van der Waals surface area (Å²) >= 11 is 0. The maximum absolute atomic E-state index is 12.7. The Hall–Kier alpha value is -4.18. The van der Waals surface area contributed by atoms with Gasteiger partial charge in [-0.05, 0) is 12.1 Å². The van der Waals surface area contributed by atoms with Gasteiger partial charge in [0.1, 0.15) is 11.3 Å². The van der Waals surface area contributed by atoms with Gasteiger partial charge >= 0.3 is 12.1 Å². The number of aliphatic hydroxyl groups is 1. The average molecular weight is 419 g/mol. The van der Waals surface area contributed by atoms with Crippen LogP contribution in [-0.2, 0) is 17.9 Å². The molecule has 0 saturated carbocycles. The Morgan fingerprint density at radius 2 is 1.87 bits per heavy atom. The number of rotatable bonds is 8. The monoisotopic (exact) mass is 419 g/mol. The van der Waals surface area contributed by atoms with Crippen LogP contribution in [0.4, 0.5) is 17.5 Å². The summed E-state index contributed by atoms with van der Waals surface area (Å²) in [4.78, 5) is 35.1. The van der Waals surface area contributed by atoms with Crippen LogP contribution >= 0.6 is 0 Å². The highest BCUT2D eigenvalue weighted by molar-refractivity contribution is 5.90. The van der Waals surface area contributed by atoms with E-state index in [9.17, 15) is 14.7 Å². The Kier molecular flexibility index (Phi) is 5.63. The summed E-state index contributed by atoms with van der Waals surface area (Å²) in [5.74, 6) is 0.867. The Labute approximate surface area is 176 Å². The summed E-state index contributed by atoms with van der Waals surface area (Å²) < 4.78 is 6.80. The number of hydrogen-bond acceptors (Lipinski definition) is 7. The second-order valence-electron chi connectivity index (χ2n) is 6.59. The maximum atomic E-state index is 12.7. The number of H-pyrrole nitrogens is 1. The zero-order valence-electron chi connectivity index (χ0n) is 16.5. The number of imidazole rings is 1. The molecule has 4 N–H and O–H groups in total. The van der Waals surface area contributed by atoms with Crippen molar-refractivity contribution in [1.29, 1.82) is 0 Å². The predicted octanol–water partition coefficient (Wildman–Crippen LogP) is 1.89. The van der Waals surface area contributed by atoms with Crippen LogP contribution in [0.25, 0.3) is 11.2 Å². The lowest BCUT2D eigenvalue weighted by Gasteiger charge is -2.12. The number of aliphatic hydroxyl groups excluding tert-OH is 1. The molecule has 1 radical (unpaired) electrons. The molecule has 0 saturated heterocycles. The van der Waals surface area contributed by atoms with Crippen LogP contribution in [-0.4, -0.2) is 38.1 Å². The molecule has 0 aliphatic carbocycles. The molecule has 0 atom stereocenters. The van der Waals surface area contributed by atoms with E-state index in [1.165, 1.54) is 4.57 Å². The number of aromatic amines is 1. The molecule has 0 aliphatic heterocycles. The number of benzene rings is 2. The van der Waals surface area contributed by atoms with Gasteiger partial charge in [-0.25, -0.2) is 4.79 Å². The molecule has 157 valence electrons. The van der Waals surface area contributed by atoms with Gasteiger partial charge in [0.2, 0.25) is 5.95 Å². The summed E-state index contributed by atoms with van der Waals surface area (Å²) in [6.07, 6.45) is 1.58. The van der Waals surface area contributed by atoms with E-state index in [1.807, 2.05) is 18.2 Å². The van der Waals surface area contributed by atoms with Crippen LogP contribution in [0.2, 0.25) is 0 Å². The summed E-state index contributed by atoms with van der Waals surface area (Å²) in [6.45, 7) is 0.0120. The first-order valence-corrected chi connectivity index (χ1v) is 9.36. The minimum atomic E-state index is -0.419. The van der Waals surface area contributed by atoms with Gasteiger partial charge in [-0.2, -0.15) is 9.97 Å². The average Bonchev–Trinajstić information content (AvgIpc) is 3.10. The number of carbonyl (C=O) groups excluding carboxylic acids is 1. The molecule has 2 heterocycles. The number of para-hydroxylation sites is 2. The lowest BCUT2D eigenvalue weighted by atomic mass is 10.2. The Morgan fingerprint density at radius 3 is 2.61 bits per heavy atom. The topological polar surface area (TPSA) is 134 Å². The smallest absolute Gasteiger partial charge is 0.328 e. The van der Waals surface area contributed by atoms with Crippen molar-refractivity contribution in [3.8, 4) is 5.75 Å². The number of nitrogens with zero attached hydrogens (tertiary/aromatic N) is 3. The minimum absolute atomic E-state index is 0.0971. The van der Waals surface area contributed by atoms with Crippen molar-refractivity contribution < 1.29 is 14.6 Å². The number of anilines is 3. The summed E-state index contributed by atoms with van der Waals surface area (Å²) in [5.41, 5.74) is 2.15. The Morgan fingerprint density at radius 1 is 1.13 bits per heavy atom. The molecule has 2 aromatic carbocycles. The lowest BCUT2D eigenvalue weighted by Crippen LogP contribution is -2.18. The van der Waals surface area contributed by atoms with E-state index in [0.717, 1.165) is 5.56 Å². The summed E-state index contributed by atoms with van der Waals surface area (Å²) in [7, 11) is 1.56. The fourth-order valence-corrected chi connectivity index (χ4v) is 3.28. The van der Waals surface area contributed by atoms with Crippen molar-refractivity contribution in [2.75, 3.05) is 17.7 Å². The van der Waals surface area contributed by atoms with Crippen molar-refractivity contribution in [1.82, 2.24) is 19.5 Å². The van der Waals surface area contributed by atoms with E-state index in [-0.39, 0.29) is 36.1 Å². The zero-order valence-corrected chi connectivity index (χ0v) is 16.5. The van der Waals surface area contributed by atoms with Crippen molar-refractivity contribution >= 4 is 35.0 Å². The molecule has 0 unspecified atom stereocenters. The van der Waals surface area contributed by atoms with Gasteiger partial charge in [0.15, 0.2) is 11.5 Å². The lowest BCUT2D eigenvalue weighted by molar-refractivity contribution is 0.282. The summed E-state index contributed by atoms with van der Waals surface area (Å²) in [6, 6.07) is 14.4. The third-order valence-electron chi connectivity index (χ3n) is 4.75. The second-order valence-corrected chi connectivity index (χ2v) is 6.59. The molecule has 0 bridgehead atoms. The highest BCUT2D eigenvalue weighted by Crippen LogP contribution is 2.25.